The van der Waals surface area contributed by atoms with Crippen LogP contribution in [0.2, 0.25) is 0 Å². The van der Waals surface area contributed by atoms with Gasteiger partial charge in [0, 0.05) is 0 Å². The molecule has 0 amide bonds. The summed E-state index contributed by atoms with van der Waals surface area (Å²) in [6.45, 7) is 0. The number of rotatable bonds is 0. The lowest BCUT2D eigenvalue weighted by molar-refractivity contribution is -0.0278. The van der Waals surface area contributed by atoms with Gasteiger partial charge in [-0.3, -0.25) is 0 Å². The van der Waals surface area contributed by atoms with Gasteiger partial charge in [-0.05, 0) is 0 Å². The van der Waals surface area contributed by atoms with Crippen LogP contribution in [-0.4, -0.2) is 11.8 Å². The second-order valence-electron chi connectivity index (χ2n) is 1.27. The van der Waals surface area contributed by atoms with E-state index in [0.717, 1.165) is 0 Å². The Morgan fingerprint density at radius 2 is 1.00 bits per heavy atom. The Bertz CT molecular complexity index is 83.1. The summed E-state index contributed by atoms with van der Waals surface area (Å²) < 4.78 is 44.2. The van der Waals surface area contributed by atoms with Crippen LogP contribution in [0.4, 0.5) is 17.6 Å². The molecule has 0 saturated heterocycles. The molecule has 4 heteroatoms. The third-order valence-electron chi connectivity index (χ3n) is 0.646. The first-order valence-electron chi connectivity index (χ1n) is 1.51. The molecule has 0 aromatic heterocycles. The number of hydrogen-bond donors (Lipinski definition) is 0. The highest BCUT2D eigenvalue weighted by molar-refractivity contribution is 5.23. The lowest BCUT2D eigenvalue weighted by atomic mass is 10.8. The van der Waals surface area contributed by atoms with Gasteiger partial charge in [-0.15, -0.1) is 0 Å². The molecule has 1 aliphatic rings. The summed E-state index contributed by atoms with van der Waals surface area (Å²) in [5.41, 5.74) is 0. The predicted octanol–water partition coefficient (Wildman–Crippen LogP) is 1.35. The van der Waals surface area contributed by atoms with Gasteiger partial charge in [0.15, 0.2) is 0 Å². The molecule has 0 atom stereocenters. The van der Waals surface area contributed by atoms with Crippen molar-refractivity contribution in [3.05, 3.63) is 6.42 Å². The van der Waals surface area contributed by atoms with Gasteiger partial charge in [0.05, 0.1) is 0 Å². The molecule has 1 saturated carbocycles. The molecule has 0 spiro atoms. The Hall–Kier alpha value is -0.280. The summed E-state index contributed by atoms with van der Waals surface area (Å²) in [6.07, 6.45) is 0.681. The molecule has 0 N–H and O–H groups in total. The van der Waals surface area contributed by atoms with Crippen LogP contribution in [-0.2, 0) is 0 Å². The Morgan fingerprint density at radius 1 is 0.857 bits per heavy atom. The Morgan fingerprint density at radius 3 is 1.00 bits per heavy atom. The lowest BCUT2D eigenvalue weighted by Crippen LogP contribution is -2.02. The second-order valence-corrected chi connectivity index (χ2v) is 1.27. The fourth-order valence-corrected chi connectivity index (χ4v) is 0.166. The van der Waals surface area contributed by atoms with Crippen LogP contribution in [0.1, 0.15) is 0 Å². The average Bonchev–Trinajstić information content (AvgIpc) is 1.63. The van der Waals surface area contributed by atoms with Crippen molar-refractivity contribution < 1.29 is 17.6 Å². The largest absolute Gasteiger partial charge is 0.324 e. The second kappa shape index (κ2) is 0.788. The smallest absolute Gasteiger partial charge is 0.199 e. The fraction of sp³-hybridized carbons (Fsp3) is 0.667. The summed E-state index contributed by atoms with van der Waals surface area (Å²) in [5.74, 6) is -7.88. The van der Waals surface area contributed by atoms with Gasteiger partial charge in [-0.25, -0.2) is 0 Å². The summed E-state index contributed by atoms with van der Waals surface area (Å²) >= 11 is 0. The Kier molecular flexibility index (Phi) is 0.548. The van der Waals surface area contributed by atoms with Crippen molar-refractivity contribution in [2.75, 3.05) is 0 Å². The van der Waals surface area contributed by atoms with E-state index in [4.69, 9.17) is 0 Å². The van der Waals surface area contributed by atoms with E-state index < -0.39 is 11.8 Å². The van der Waals surface area contributed by atoms with Gasteiger partial charge < -0.3 is 0 Å². The Labute approximate surface area is 37.1 Å². The molecular weight excluding hydrogens is 112 g/mol. The molecule has 0 bridgehead atoms. The van der Waals surface area contributed by atoms with Gasteiger partial charge >= 0.3 is 11.8 Å². The molecule has 0 aromatic carbocycles. The van der Waals surface area contributed by atoms with Crippen LogP contribution in [0, 0.1) is 6.42 Å². The lowest BCUT2D eigenvalue weighted by Gasteiger charge is -1.87. The van der Waals surface area contributed by atoms with Gasteiger partial charge in [-0.1, -0.05) is 0 Å². The average molecular weight is 112 g/mol. The molecule has 1 aliphatic carbocycles. The van der Waals surface area contributed by atoms with Gasteiger partial charge in [-0.2, -0.15) is 17.6 Å². The van der Waals surface area contributed by atoms with Crippen molar-refractivity contribution >= 4 is 0 Å². The highest BCUT2D eigenvalue weighted by atomic mass is 19.3. The van der Waals surface area contributed by atoms with Crippen molar-refractivity contribution in [1.82, 2.24) is 0 Å². The van der Waals surface area contributed by atoms with E-state index in [1.807, 2.05) is 0 Å². The maximum absolute atomic E-state index is 11.0. The molecule has 0 nitrogen and oxygen atoms in total. The third-order valence-corrected chi connectivity index (χ3v) is 0.646. The van der Waals surface area contributed by atoms with Crippen LogP contribution in [0.15, 0.2) is 0 Å². The predicted molar refractivity (Wildman–Crippen MR) is 13.1 cm³/mol. The Balaban J connectivity index is 2.59. The first-order valence-corrected chi connectivity index (χ1v) is 1.51. The van der Waals surface area contributed by atoms with Crippen LogP contribution in [0.3, 0.4) is 0 Å². The van der Waals surface area contributed by atoms with Gasteiger partial charge in [0.2, 0.25) is 0 Å². The normalized spacial score (nSPS) is 32.6. The minimum Gasteiger partial charge on any atom is -0.199 e. The van der Waals surface area contributed by atoms with Crippen molar-refractivity contribution in [2.24, 2.45) is 0 Å². The summed E-state index contributed by atoms with van der Waals surface area (Å²) in [4.78, 5) is 0. The van der Waals surface area contributed by atoms with Crippen LogP contribution >= 0.6 is 0 Å². The summed E-state index contributed by atoms with van der Waals surface area (Å²) in [7, 11) is 0. The molecule has 2 radical (unpaired) electrons. The molecule has 7 heavy (non-hydrogen) atoms. The van der Waals surface area contributed by atoms with E-state index in [1.165, 1.54) is 0 Å². The zero-order valence-electron chi connectivity index (χ0n) is 3.01. The zero-order valence-corrected chi connectivity index (χ0v) is 3.01. The standard InChI is InChI=1S/C3F4/c4-2(5)1-3(2,6)7. The molecule has 1 rings (SSSR count). The van der Waals surface area contributed by atoms with E-state index >= 15 is 0 Å². The minimum absolute atomic E-state index is 0.681. The van der Waals surface area contributed by atoms with Gasteiger partial charge in [0.1, 0.15) is 6.42 Å². The molecule has 1 fully saturated rings. The highest BCUT2D eigenvalue weighted by Gasteiger charge is 2.77. The minimum atomic E-state index is -3.94. The van der Waals surface area contributed by atoms with Crippen LogP contribution < -0.4 is 0 Å². The molecule has 40 valence electrons. The maximum Gasteiger partial charge on any atom is 0.324 e. The molecule has 0 aliphatic heterocycles. The summed E-state index contributed by atoms with van der Waals surface area (Å²) in [5, 5.41) is 0. The van der Waals surface area contributed by atoms with Gasteiger partial charge in [0.25, 0.3) is 0 Å². The first-order chi connectivity index (χ1) is 2.96. The third kappa shape index (κ3) is 0.489. The SMILES string of the molecule is FC1(F)[C]C1(F)F. The van der Waals surface area contributed by atoms with Crippen molar-refractivity contribution in [2.45, 2.75) is 11.8 Å². The quantitative estimate of drug-likeness (QED) is 0.415. The number of hydrogen-bond acceptors (Lipinski definition) is 0. The first kappa shape index (κ1) is 4.87. The van der Waals surface area contributed by atoms with E-state index in [2.05, 4.69) is 0 Å². The molecule has 0 aromatic rings. The topological polar surface area (TPSA) is 0 Å². The zero-order chi connectivity index (χ0) is 5.71. The van der Waals surface area contributed by atoms with E-state index in [1.54, 1.807) is 0 Å². The molecular formula is C3F4. The maximum atomic E-state index is 11.0. The van der Waals surface area contributed by atoms with E-state index in [0.29, 0.717) is 6.42 Å². The van der Waals surface area contributed by atoms with Crippen molar-refractivity contribution in [3.8, 4) is 0 Å². The molecule has 0 unspecified atom stereocenters. The van der Waals surface area contributed by atoms with E-state index in [-0.39, 0.29) is 0 Å². The molecule has 0 heterocycles. The highest BCUT2D eigenvalue weighted by Crippen LogP contribution is 2.55. The fourth-order valence-electron chi connectivity index (χ4n) is 0.166. The van der Waals surface area contributed by atoms with Crippen molar-refractivity contribution in [1.29, 1.82) is 0 Å². The van der Waals surface area contributed by atoms with Crippen LogP contribution in [0.5, 0.6) is 0 Å². The summed E-state index contributed by atoms with van der Waals surface area (Å²) in [6, 6.07) is 0. The van der Waals surface area contributed by atoms with Crippen LogP contribution in [0.25, 0.3) is 0 Å². The number of alkyl halides is 4. The van der Waals surface area contributed by atoms with Crippen molar-refractivity contribution in [3.63, 3.8) is 0 Å². The monoisotopic (exact) mass is 112 g/mol. The number of halogens is 4. The van der Waals surface area contributed by atoms with E-state index in [9.17, 15) is 17.6 Å².